The van der Waals surface area contributed by atoms with Gasteiger partial charge in [-0.15, -0.1) is 0 Å². The first-order valence-corrected chi connectivity index (χ1v) is 4.67. The molecule has 1 saturated carbocycles. The van der Waals surface area contributed by atoms with Crippen molar-refractivity contribution >= 4 is 6.03 Å². The van der Waals surface area contributed by atoms with Crippen molar-refractivity contribution in [1.82, 2.24) is 10.6 Å². The highest BCUT2D eigenvalue weighted by Gasteiger charge is 2.49. The highest BCUT2D eigenvalue weighted by atomic mass is 16.2. The van der Waals surface area contributed by atoms with Gasteiger partial charge in [0, 0.05) is 6.54 Å². The molecule has 1 aliphatic carbocycles. The Balaban J connectivity index is 1.91. The highest BCUT2D eigenvalue weighted by Crippen LogP contribution is 2.42. The fourth-order valence-corrected chi connectivity index (χ4v) is 2.24. The summed E-state index contributed by atoms with van der Waals surface area (Å²) in [6, 6.07) is 0.0113. The van der Waals surface area contributed by atoms with Crippen LogP contribution >= 0.6 is 0 Å². The molecule has 2 aliphatic rings. The van der Waals surface area contributed by atoms with Crippen molar-refractivity contribution in [3.63, 3.8) is 0 Å². The van der Waals surface area contributed by atoms with Gasteiger partial charge in [0.05, 0.1) is 5.54 Å². The van der Waals surface area contributed by atoms with Gasteiger partial charge in [0.2, 0.25) is 0 Å². The molecule has 2 N–H and O–H groups in total. The molecule has 0 atom stereocenters. The highest BCUT2D eigenvalue weighted by molar-refractivity contribution is 5.77. The van der Waals surface area contributed by atoms with Crippen LogP contribution in [0.4, 0.5) is 4.79 Å². The first-order chi connectivity index (χ1) is 5.61. The maximum atomic E-state index is 10.9. The Morgan fingerprint density at radius 3 is 2.58 bits per heavy atom. The topological polar surface area (TPSA) is 41.1 Å². The normalized spacial score (nSPS) is 39.6. The summed E-state index contributed by atoms with van der Waals surface area (Å²) in [6.07, 6.45) is 2.31. The van der Waals surface area contributed by atoms with Crippen molar-refractivity contribution in [3.8, 4) is 0 Å². The maximum Gasteiger partial charge on any atom is 0.315 e. The standard InChI is InChI=1S/C9H16N2O/c1-6(2)7-3-9(4-7)5-10-8(12)11-9/h6-7H,3-5H2,1-2H3,(H2,10,11,12). The lowest BCUT2D eigenvalue weighted by atomic mass is 9.64. The fraction of sp³-hybridized carbons (Fsp3) is 0.889. The van der Waals surface area contributed by atoms with Crippen LogP contribution in [0.2, 0.25) is 0 Å². The quantitative estimate of drug-likeness (QED) is 0.605. The third kappa shape index (κ3) is 1.08. The second-order valence-corrected chi connectivity index (χ2v) is 4.50. The van der Waals surface area contributed by atoms with Gasteiger partial charge in [-0.2, -0.15) is 0 Å². The van der Waals surface area contributed by atoms with E-state index in [4.69, 9.17) is 0 Å². The average molecular weight is 168 g/mol. The van der Waals surface area contributed by atoms with Crippen LogP contribution in [-0.2, 0) is 0 Å². The Hall–Kier alpha value is -0.730. The van der Waals surface area contributed by atoms with Gasteiger partial charge in [-0.05, 0) is 24.7 Å². The summed E-state index contributed by atoms with van der Waals surface area (Å²) in [5.74, 6) is 1.57. The molecule has 1 saturated heterocycles. The van der Waals surface area contributed by atoms with Gasteiger partial charge in [-0.3, -0.25) is 0 Å². The Bertz CT molecular complexity index is 207. The SMILES string of the molecule is CC(C)C1CC2(CNC(=O)N2)C1. The molecule has 0 aromatic rings. The van der Waals surface area contributed by atoms with Crippen LogP contribution in [0, 0.1) is 11.8 Å². The molecule has 0 aromatic carbocycles. The van der Waals surface area contributed by atoms with Crippen molar-refractivity contribution < 1.29 is 4.79 Å². The molecular weight excluding hydrogens is 152 g/mol. The van der Waals surface area contributed by atoms with E-state index in [0.717, 1.165) is 31.2 Å². The fourth-order valence-electron chi connectivity index (χ4n) is 2.24. The van der Waals surface area contributed by atoms with Gasteiger partial charge in [-0.25, -0.2) is 4.79 Å². The summed E-state index contributed by atoms with van der Waals surface area (Å²) in [6.45, 7) is 5.33. The lowest BCUT2D eigenvalue weighted by Crippen LogP contribution is -2.55. The minimum Gasteiger partial charge on any atom is -0.336 e. The van der Waals surface area contributed by atoms with Gasteiger partial charge in [0.25, 0.3) is 0 Å². The number of rotatable bonds is 1. The number of hydrogen-bond donors (Lipinski definition) is 2. The van der Waals surface area contributed by atoms with Gasteiger partial charge >= 0.3 is 6.03 Å². The summed E-state index contributed by atoms with van der Waals surface area (Å²) >= 11 is 0. The molecule has 2 rings (SSSR count). The zero-order chi connectivity index (χ0) is 8.77. The first-order valence-electron chi connectivity index (χ1n) is 4.67. The molecule has 2 fully saturated rings. The van der Waals surface area contributed by atoms with Crippen molar-refractivity contribution in [1.29, 1.82) is 0 Å². The van der Waals surface area contributed by atoms with E-state index in [9.17, 15) is 4.79 Å². The lowest BCUT2D eigenvalue weighted by Gasteiger charge is -2.46. The lowest BCUT2D eigenvalue weighted by molar-refractivity contribution is 0.100. The molecule has 0 radical (unpaired) electrons. The zero-order valence-electron chi connectivity index (χ0n) is 7.68. The van der Waals surface area contributed by atoms with Crippen LogP contribution in [0.5, 0.6) is 0 Å². The predicted octanol–water partition coefficient (Wildman–Crippen LogP) is 1.10. The van der Waals surface area contributed by atoms with Crippen LogP contribution in [-0.4, -0.2) is 18.1 Å². The van der Waals surface area contributed by atoms with Gasteiger partial charge < -0.3 is 10.6 Å². The van der Waals surface area contributed by atoms with Gasteiger partial charge in [-0.1, -0.05) is 13.8 Å². The molecular formula is C9H16N2O. The molecule has 1 heterocycles. The van der Waals surface area contributed by atoms with E-state index in [1.165, 1.54) is 0 Å². The molecule has 12 heavy (non-hydrogen) atoms. The number of nitrogens with one attached hydrogen (secondary N) is 2. The third-order valence-corrected chi connectivity index (χ3v) is 3.21. The minimum absolute atomic E-state index is 0.0113. The first kappa shape index (κ1) is 7.90. The minimum atomic E-state index is 0.0113. The number of urea groups is 1. The Morgan fingerprint density at radius 2 is 2.17 bits per heavy atom. The van der Waals surface area contributed by atoms with Crippen LogP contribution in [0.15, 0.2) is 0 Å². The molecule has 3 heteroatoms. The van der Waals surface area contributed by atoms with Crippen LogP contribution in [0.1, 0.15) is 26.7 Å². The van der Waals surface area contributed by atoms with Crippen LogP contribution in [0.3, 0.4) is 0 Å². The number of amides is 2. The smallest absolute Gasteiger partial charge is 0.315 e. The van der Waals surface area contributed by atoms with Crippen molar-refractivity contribution in [2.24, 2.45) is 11.8 Å². The van der Waals surface area contributed by atoms with E-state index in [1.807, 2.05) is 0 Å². The average Bonchev–Trinajstić information content (AvgIpc) is 2.27. The zero-order valence-corrected chi connectivity index (χ0v) is 7.68. The van der Waals surface area contributed by atoms with E-state index in [1.54, 1.807) is 0 Å². The van der Waals surface area contributed by atoms with Gasteiger partial charge in [0.1, 0.15) is 0 Å². The monoisotopic (exact) mass is 168 g/mol. The van der Waals surface area contributed by atoms with E-state index in [2.05, 4.69) is 24.5 Å². The molecule has 68 valence electrons. The van der Waals surface area contributed by atoms with Crippen molar-refractivity contribution in [2.75, 3.05) is 6.54 Å². The van der Waals surface area contributed by atoms with E-state index < -0.39 is 0 Å². The molecule has 2 amide bonds. The number of carbonyl (C=O) groups is 1. The van der Waals surface area contributed by atoms with Crippen molar-refractivity contribution in [2.45, 2.75) is 32.2 Å². The van der Waals surface area contributed by atoms with E-state index in [-0.39, 0.29) is 11.6 Å². The van der Waals surface area contributed by atoms with Crippen molar-refractivity contribution in [3.05, 3.63) is 0 Å². The Labute approximate surface area is 72.9 Å². The molecule has 1 spiro atoms. The van der Waals surface area contributed by atoms with Crippen LogP contribution < -0.4 is 10.6 Å². The maximum absolute atomic E-state index is 10.9. The van der Waals surface area contributed by atoms with Crippen LogP contribution in [0.25, 0.3) is 0 Å². The second-order valence-electron chi connectivity index (χ2n) is 4.50. The van der Waals surface area contributed by atoms with E-state index >= 15 is 0 Å². The second kappa shape index (κ2) is 2.38. The molecule has 3 nitrogen and oxygen atoms in total. The summed E-state index contributed by atoms with van der Waals surface area (Å²) in [5.41, 5.74) is 0.131. The van der Waals surface area contributed by atoms with Gasteiger partial charge in [0.15, 0.2) is 0 Å². The Morgan fingerprint density at radius 1 is 1.50 bits per heavy atom. The van der Waals surface area contributed by atoms with E-state index in [0.29, 0.717) is 0 Å². The largest absolute Gasteiger partial charge is 0.336 e. The molecule has 0 aromatic heterocycles. The molecule has 0 unspecified atom stereocenters. The Kier molecular flexibility index (Phi) is 1.56. The third-order valence-electron chi connectivity index (χ3n) is 3.21. The summed E-state index contributed by atoms with van der Waals surface area (Å²) in [5, 5.41) is 5.82. The molecule has 0 bridgehead atoms. The number of hydrogen-bond acceptors (Lipinski definition) is 1. The summed E-state index contributed by atoms with van der Waals surface area (Å²) in [7, 11) is 0. The molecule has 1 aliphatic heterocycles. The summed E-state index contributed by atoms with van der Waals surface area (Å²) < 4.78 is 0. The number of carbonyl (C=O) groups excluding carboxylic acids is 1. The predicted molar refractivity (Wildman–Crippen MR) is 46.8 cm³/mol. The summed E-state index contributed by atoms with van der Waals surface area (Å²) in [4.78, 5) is 10.9.